The van der Waals surface area contributed by atoms with Crippen LogP contribution >= 0.6 is 0 Å². The van der Waals surface area contributed by atoms with Gasteiger partial charge in [0.2, 0.25) is 0 Å². The summed E-state index contributed by atoms with van der Waals surface area (Å²) in [7, 11) is 4.28. The van der Waals surface area contributed by atoms with Gasteiger partial charge >= 0.3 is 0 Å². The second-order valence-corrected chi connectivity index (χ2v) is 8.34. The number of rotatable bonds is 7. The SMILES string of the molecule is CN(C)CCCNC(CC(C)(C)C)CC(C)(C)C. The minimum Gasteiger partial charge on any atom is -0.314 e. The lowest BCUT2D eigenvalue weighted by atomic mass is 9.80. The molecule has 0 unspecified atom stereocenters. The summed E-state index contributed by atoms with van der Waals surface area (Å²) in [4.78, 5) is 2.25. The molecule has 2 heteroatoms. The van der Waals surface area contributed by atoms with Crippen molar-refractivity contribution < 1.29 is 0 Å². The van der Waals surface area contributed by atoms with E-state index in [1.54, 1.807) is 0 Å². The molecule has 0 heterocycles. The van der Waals surface area contributed by atoms with Crippen LogP contribution in [0.25, 0.3) is 0 Å². The van der Waals surface area contributed by atoms with Crippen molar-refractivity contribution in [3.8, 4) is 0 Å². The van der Waals surface area contributed by atoms with Gasteiger partial charge in [-0.3, -0.25) is 0 Å². The third-order valence-corrected chi connectivity index (χ3v) is 2.93. The predicted octanol–water partition coefficient (Wildman–Crippen LogP) is 3.77. The van der Waals surface area contributed by atoms with Gasteiger partial charge in [-0.15, -0.1) is 0 Å². The molecule has 0 spiro atoms. The van der Waals surface area contributed by atoms with E-state index in [-0.39, 0.29) is 0 Å². The zero-order valence-electron chi connectivity index (χ0n) is 14.1. The van der Waals surface area contributed by atoms with Crippen LogP contribution in [0.4, 0.5) is 0 Å². The Balaban J connectivity index is 4.14. The largest absolute Gasteiger partial charge is 0.314 e. The first kappa shape index (κ1) is 17.9. The van der Waals surface area contributed by atoms with Crippen LogP contribution in [0.1, 0.15) is 60.8 Å². The van der Waals surface area contributed by atoms with E-state index in [1.807, 2.05) is 0 Å². The van der Waals surface area contributed by atoms with Crippen LogP contribution in [0.3, 0.4) is 0 Å². The Hall–Kier alpha value is -0.0800. The highest BCUT2D eigenvalue weighted by Gasteiger charge is 2.23. The normalized spacial score (nSPS) is 13.7. The second-order valence-electron chi connectivity index (χ2n) is 8.34. The van der Waals surface area contributed by atoms with E-state index in [4.69, 9.17) is 0 Å². The fourth-order valence-corrected chi connectivity index (χ4v) is 2.40. The highest BCUT2D eigenvalue weighted by atomic mass is 15.1. The summed E-state index contributed by atoms with van der Waals surface area (Å²) < 4.78 is 0. The number of hydrogen-bond donors (Lipinski definition) is 1. The predicted molar refractivity (Wildman–Crippen MR) is 83.1 cm³/mol. The Kier molecular flexibility index (Phi) is 7.46. The molecule has 18 heavy (non-hydrogen) atoms. The zero-order valence-corrected chi connectivity index (χ0v) is 14.1. The van der Waals surface area contributed by atoms with Crippen molar-refractivity contribution in [3.05, 3.63) is 0 Å². The average molecular weight is 256 g/mol. The lowest BCUT2D eigenvalue weighted by Gasteiger charge is -2.32. The summed E-state index contributed by atoms with van der Waals surface area (Å²) in [5.74, 6) is 0. The molecule has 0 fully saturated rings. The Morgan fingerprint density at radius 2 is 1.33 bits per heavy atom. The molecule has 0 aromatic carbocycles. The van der Waals surface area contributed by atoms with Gasteiger partial charge in [0.05, 0.1) is 0 Å². The fourth-order valence-electron chi connectivity index (χ4n) is 2.40. The second kappa shape index (κ2) is 7.49. The quantitative estimate of drug-likeness (QED) is 0.698. The lowest BCUT2D eigenvalue weighted by molar-refractivity contribution is 0.237. The number of nitrogens with zero attached hydrogens (tertiary/aromatic N) is 1. The van der Waals surface area contributed by atoms with Gasteiger partial charge in [-0.1, -0.05) is 41.5 Å². The molecule has 0 saturated heterocycles. The summed E-state index contributed by atoms with van der Waals surface area (Å²) in [5, 5.41) is 3.76. The summed E-state index contributed by atoms with van der Waals surface area (Å²) in [5.41, 5.74) is 0.814. The van der Waals surface area contributed by atoms with Gasteiger partial charge in [-0.2, -0.15) is 0 Å². The molecule has 0 bridgehead atoms. The van der Waals surface area contributed by atoms with E-state index >= 15 is 0 Å². The van der Waals surface area contributed by atoms with Crippen molar-refractivity contribution in [1.29, 1.82) is 0 Å². The minimum absolute atomic E-state index is 0.407. The van der Waals surface area contributed by atoms with E-state index in [2.05, 4.69) is 65.9 Å². The standard InChI is InChI=1S/C16H36N2/c1-15(2,3)12-14(13-16(4,5)6)17-10-9-11-18(7)8/h14,17H,9-13H2,1-8H3. The van der Waals surface area contributed by atoms with E-state index in [1.165, 1.54) is 25.8 Å². The van der Waals surface area contributed by atoms with Gasteiger partial charge in [0.25, 0.3) is 0 Å². The minimum atomic E-state index is 0.407. The van der Waals surface area contributed by atoms with Crippen LogP contribution < -0.4 is 5.32 Å². The fraction of sp³-hybridized carbons (Fsp3) is 1.00. The van der Waals surface area contributed by atoms with Crippen LogP contribution in [-0.4, -0.2) is 38.1 Å². The van der Waals surface area contributed by atoms with Crippen molar-refractivity contribution in [1.82, 2.24) is 10.2 Å². The lowest BCUT2D eigenvalue weighted by Crippen LogP contribution is -2.37. The van der Waals surface area contributed by atoms with Crippen LogP contribution in [0.5, 0.6) is 0 Å². The van der Waals surface area contributed by atoms with Gasteiger partial charge < -0.3 is 10.2 Å². The Morgan fingerprint density at radius 1 is 0.889 bits per heavy atom. The molecule has 0 saturated carbocycles. The highest BCUT2D eigenvalue weighted by Crippen LogP contribution is 2.28. The molecule has 1 N–H and O–H groups in total. The van der Waals surface area contributed by atoms with E-state index in [0.29, 0.717) is 16.9 Å². The van der Waals surface area contributed by atoms with Gasteiger partial charge in [-0.25, -0.2) is 0 Å². The summed E-state index contributed by atoms with van der Waals surface area (Å²) in [6.07, 6.45) is 3.75. The van der Waals surface area contributed by atoms with Crippen LogP contribution in [0, 0.1) is 10.8 Å². The zero-order chi connectivity index (χ0) is 14.4. The summed E-state index contributed by atoms with van der Waals surface area (Å²) >= 11 is 0. The molecule has 0 aliphatic rings. The molecule has 0 aromatic rings. The van der Waals surface area contributed by atoms with Crippen LogP contribution in [-0.2, 0) is 0 Å². The third kappa shape index (κ3) is 12.4. The molecule has 0 aromatic heterocycles. The third-order valence-electron chi connectivity index (χ3n) is 2.93. The van der Waals surface area contributed by atoms with E-state index < -0.39 is 0 Å². The highest BCUT2D eigenvalue weighted by molar-refractivity contribution is 4.79. The number of hydrogen-bond acceptors (Lipinski definition) is 2. The first-order valence-corrected chi connectivity index (χ1v) is 7.38. The Bertz CT molecular complexity index is 192. The van der Waals surface area contributed by atoms with Crippen molar-refractivity contribution in [2.45, 2.75) is 66.8 Å². The molecule has 110 valence electrons. The van der Waals surface area contributed by atoms with E-state index in [9.17, 15) is 0 Å². The molecular weight excluding hydrogens is 220 g/mol. The summed E-state index contributed by atoms with van der Waals surface area (Å²) in [6.45, 7) is 16.3. The smallest absolute Gasteiger partial charge is 0.00770 e. The van der Waals surface area contributed by atoms with Crippen LogP contribution in [0.15, 0.2) is 0 Å². The maximum absolute atomic E-state index is 3.76. The molecular formula is C16H36N2. The monoisotopic (exact) mass is 256 g/mol. The number of nitrogens with one attached hydrogen (secondary N) is 1. The molecule has 0 aliphatic heterocycles. The van der Waals surface area contributed by atoms with Crippen molar-refractivity contribution in [2.24, 2.45) is 10.8 Å². The summed E-state index contributed by atoms with van der Waals surface area (Å²) in [6, 6.07) is 0.646. The first-order valence-electron chi connectivity index (χ1n) is 7.38. The Morgan fingerprint density at radius 3 is 1.67 bits per heavy atom. The first-order chi connectivity index (χ1) is 7.99. The van der Waals surface area contributed by atoms with Crippen molar-refractivity contribution in [3.63, 3.8) is 0 Å². The topological polar surface area (TPSA) is 15.3 Å². The molecule has 2 nitrogen and oxygen atoms in total. The maximum atomic E-state index is 3.76. The van der Waals surface area contributed by atoms with Crippen molar-refractivity contribution in [2.75, 3.05) is 27.2 Å². The van der Waals surface area contributed by atoms with Crippen LogP contribution in [0.2, 0.25) is 0 Å². The van der Waals surface area contributed by atoms with Gasteiger partial charge in [0, 0.05) is 6.04 Å². The maximum Gasteiger partial charge on any atom is 0.00770 e. The van der Waals surface area contributed by atoms with E-state index in [0.717, 1.165) is 6.54 Å². The van der Waals surface area contributed by atoms with Gasteiger partial charge in [0.1, 0.15) is 0 Å². The molecule has 0 radical (unpaired) electrons. The molecule has 0 amide bonds. The van der Waals surface area contributed by atoms with Crippen molar-refractivity contribution >= 4 is 0 Å². The molecule has 0 atom stereocenters. The van der Waals surface area contributed by atoms with Gasteiger partial charge in [-0.05, 0) is 57.3 Å². The molecule has 0 aliphatic carbocycles. The molecule has 0 rings (SSSR count). The van der Waals surface area contributed by atoms with Gasteiger partial charge in [0.15, 0.2) is 0 Å². The Labute approximate surface area is 116 Å². The average Bonchev–Trinajstić information content (AvgIpc) is 2.06.